The van der Waals surface area contributed by atoms with Crippen molar-refractivity contribution in [1.82, 2.24) is 0 Å². The largest absolute Gasteiger partial charge is 0.394 e. The van der Waals surface area contributed by atoms with Gasteiger partial charge in [0.15, 0.2) is 0 Å². The van der Waals surface area contributed by atoms with Crippen molar-refractivity contribution in [3.05, 3.63) is 11.6 Å². The minimum atomic E-state index is -0.534. The van der Waals surface area contributed by atoms with Crippen molar-refractivity contribution in [3.63, 3.8) is 0 Å². The molecule has 0 radical (unpaired) electrons. The van der Waals surface area contributed by atoms with E-state index >= 15 is 0 Å². The first-order valence-electron chi connectivity index (χ1n) is 4.86. The van der Waals surface area contributed by atoms with Gasteiger partial charge in [-0.2, -0.15) is 0 Å². The van der Waals surface area contributed by atoms with E-state index in [0.29, 0.717) is 0 Å². The minimum Gasteiger partial charge on any atom is -0.394 e. The van der Waals surface area contributed by atoms with Crippen LogP contribution in [0.5, 0.6) is 0 Å². The molecule has 1 aliphatic heterocycles. The monoisotopic (exact) mass is 234 g/mol. The maximum atomic E-state index is 10.1. The first-order valence-corrected chi connectivity index (χ1v) is 6.83. The lowest BCUT2D eigenvalue weighted by atomic mass is 10.1. The topological polar surface area (TPSA) is 40.5 Å². The molecule has 0 aromatic rings. The predicted octanol–water partition coefficient (Wildman–Crippen LogP) is 1.87. The van der Waals surface area contributed by atoms with Gasteiger partial charge < -0.3 is 10.2 Å². The number of thioether (sulfide) groups is 2. The Hall–Kier alpha value is 0.360. The van der Waals surface area contributed by atoms with Crippen LogP contribution in [0.2, 0.25) is 0 Å². The summed E-state index contributed by atoms with van der Waals surface area (Å²) in [5, 5.41) is 19.6. The normalized spacial score (nSPS) is 24.7. The summed E-state index contributed by atoms with van der Waals surface area (Å²) in [6.45, 7) is 3.87. The fourth-order valence-corrected chi connectivity index (χ4v) is 4.59. The molecular weight excluding hydrogens is 216 g/mol. The van der Waals surface area contributed by atoms with Crippen molar-refractivity contribution < 1.29 is 10.2 Å². The van der Waals surface area contributed by atoms with E-state index in [-0.39, 0.29) is 6.61 Å². The molecule has 0 spiro atoms. The van der Waals surface area contributed by atoms with Crippen LogP contribution in [-0.2, 0) is 0 Å². The van der Waals surface area contributed by atoms with E-state index in [1.54, 1.807) is 23.5 Å². The van der Waals surface area contributed by atoms with Gasteiger partial charge in [0.25, 0.3) is 0 Å². The molecule has 2 nitrogen and oxygen atoms in total. The first kappa shape index (κ1) is 12.4. The second-order valence-corrected chi connectivity index (χ2v) is 6.56. The highest BCUT2D eigenvalue weighted by Gasteiger charge is 2.40. The SMILES string of the molecule is C/C=C(\C)C(O)C1(CO)SCCCS1. The van der Waals surface area contributed by atoms with Gasteiger partial charge in [0.1, 0.15) is 10.2 Å². The van der Waals surface area contributed by atoms with E-state index in [1.807, 2.05) is 19.9 Å². The van der Waals surface area contributed by atoms with Crippen molar-refractivity contribution in [2.45, 2.75) is 30.5 Å². The van der Waals surface area contributed by atoms with E-state index in [4.69, 9.17) is 0 Å². The fraction of sp³-hybridized carbons (Fsp3) is 0.800. The van der Waals surface area contributed by atoms with Crippen LogP contribution >= 0.6 is 23.5 Å². The molecule has 0 saturated carbocycles. The van der Waals surface area contributed by atoms with E-state index in [0.717, 1.165) is 17.1 Å². The van der Waals surface area contributed by atoms with Gasteiger partial charge in [-0.1, -0.05) is 6.08 Å². The average Bonchev–Trinajstić information content (AvgIpc) is 2.28. The first-order chi connectivity index (χ1) is 6.66. The van der Waals surface area contributed by atoms with Crippen LogP contribution in [0.15, 0.2) is 11.6 Å². The number of rotatable bonds is 3. The van der Waals surface area contributed by atoms with E-state index < -0.39 is 10.2 Å². The van der Waals surface area contributed by atoms with Gasteiger partial charge in [0.2, 0.25) is 0 Å². The lowest BCUT2D eigenvalue weighted by Gasteiger charge is -2.38. The van der Waals surface area contributed by atoms with Crippen LogP contribution in [0.3, 0.4) is 0 Å². The molecule has 4 heteroatoms. The molecule has 0 aromatic carbocycles. The summed E-state index contributed by atoms with van der Waals surface area (Å²) in [5.74, 6) is 2.06. The number of aliphatic hydroxyl groups excluding tert-OH is 2. The Morgan fingerprint density at radius 2 is 2.07 bits per heavy atom. The van der Waals surface area contributed by atoms with Crippen molar-refractivity contribution >= 4 is 23.5 Å². The number of hydrogen-bond donors (Lipinski definition) is 2. The standard InChI is InChI=1S/C10H18O2S2/c1-3-8(2)9(12)10(7-11)13-5-4-6-14-10/h3,9,11-12H,4-7H2,1-2H3/b8-3+. The van der Waals surface area contributed by atoms with Gasteiger partial charge in [-0.15, -0.1) is 23.5 Å². The third kappa shape index (κ3) is 2.48. The zero-order chi connectivity index (χ0) is 10.6. The zero-order valence-electron chi connectivity index (χ0n) is 8.69. The van der Waals surface area contributed by atoms with Crippen molar-refractivity contribution in [3.8, 4) is 0 Å². The molecule has 0 amide bonds. The highest BCUT2D eigenvalue weighted by Crippen LogP contribution is 2.46. The summed E-state index contributed by atoms with van der Waals surface area (Å²) >= 11 is 3.37. The Kier molecular flexibility index (Phi) is 4.83. The molecule has 1 fully saturated rings. The Morgan fingerprint density at radius 3 is 2.50 bits per heavy atom. The maximum Gasteiger partial charge on any atom is 0.114 e. The molecule has 82 valence electrons. The lowest BCUT2D eigenvalue weighted by Crippen LogP contribution is -2.42. The van der Waals surface area contributed by atoms with Gasteiger partial charge in [0.05, 0.1) is 6.61 Å². The van der Waals surface area contributed by atoms with Crippen molar-refractivity contribution in [2.24, 2.45) is 0 Å². The second-order valence-electron chi connectivity index (χ2n) is 3.46. The molecule has 1 aliphatic rings. The Bertz CT molecular complexity index is 210. The Labute approximate surface area is 94.2 Å². The highest BCUT2D eigenvalue weighted by atomic mass is 32.2. The van der Waals surface area contributed by atoms with Gasteiger partial charge in [0, 0.05) is 0 Å². The fourth-order valence-electron chi connectivity index (χ4n) is 1.43. The van der Waals surface area contributed by atoms with E-state index in [1.165, 1.54) is 6.42 Å². The van der Waals surface area contributed by atoms with E-state index in [2.05, 4.69) is 0 Å². The summed E-state index contributed by atoms with van der Waals surface area (Å²) in [5.41, 5.74) is 0.945. The molecule has 0 aliphatic carbocycles. The van der Waals surface area contributed by atoms with Gasteiger partial charge >= 0.3 is 0 Å². The minimum absolute atomic E-state index is 0.0364. The molecule has 1 atom stereocenters. The van der Waals surface area contributed by atoms with Crippen LogP contribution in [0, 0.1) is 0 Å². The predicted molar refractivity (Wildman–Crippen MR) is 64.8 cm³/mol. The average molecular weight is 234 g/mol. The summed E-state index contributed by atoms with van der Waals surface area (Å²) in [6.07, 6.45) is 2.55. The van der Waals surface area contributed by atoms with Crippen LogP contribution < -0.4 is 0 Å². The molecule has 14 heavy (non-hydrogen) atoms. The summed E-state index contributed by atoms with van der Waals surface area (Å²) in [6, 6.07) is 0. The van der Waals surface area contributed by atoms with Crippen LogP contribution in [-0.4, -0.2) is 38.5 Å². The Balaban J connectivity index is 2.77. The third-order valence-electron chi connectivity index (χ3n) is 2.51. The van der Waals surface area contributed by atoms with Crippen LogP contribution in [0.4, 0.5) is 0 Å². The molecule has 2 N–H and O–H groups in total. The maximum absolute atomic E-state index is 10.1. The van der Waals surface area contributed by atoms with Gasteiger partial charge in [-0.05, 0) is 37.3 Å². The molecule has 1 heterocycles. The molecule has 1 unspecified atom stereocenters. The van der Waals surface area contributed by atoms with Crippen LogP contribution in [0.25, 0.3) is 0 Å². The van der Waals surface area contributed by atoms with Gasteiger partial charge in [-0.25, -0.2) is 0 Å². The van der Waals surface area contributed by atoms with Gasteiger partial charge in [-0.3, -0.25) is 0 Å². The molecule has 1 saturated heterocycles. The summed E-state index contributed by atoms with van der Waals surface area (Å²) in [7, 11) is 0. The number of aliphatic hydroxyl groups is 2. The molecule has 0 bridgehead atoms. The quantitative estimate of drug-likeness (QED) is 0.732. The summed E-state index contributed by atoms with van der Waals surface area (Å²) < 4.78 is -0.422. The molecule has 1 rings (SSSR count). The van der Waals surface area contributed by atoms with Crippen LogP contribution in [0.1, 0.15) is 20.3 Å². The Morgan fingerprint density at radius 1 is 1.50 bits per heavy atom. The summed E-state index contributed by atoms with van der Waals surface area (Å²) in [4.78, 5) is 0. The van der Waals surface area contributed by atoms with Crippen molar-refractivity contribution in [1.29, 1.82) is 0 Å². The second kappa shape index (κ2) is 5.45. The molecule has 0 aromatic heterocycles. The molecular formula is C10H18O2S2. The smallest absolute Gasteiger partial charge is 0.114 e. The highest BCUT2D eigenvalue weighted by molar-refractivity contribution is 8.18. The lowest BCUT2D eigenvalue weighted by molar-refractivity contribution is 0.155. The van der Waals surface area contributed by atoms with Crippen molar-refractivity contribution in [2.75, 3.05) is 18.1 Å². The van der Waals surface area contributed by atoms with E-state index in [9.17, 15) is 10.2 Å². The number of hydrogen-bond acceptors (Lipinski definition) is 4. The number of allylic oxidation sites excluding steroid dienone is 1. The third-order valence-corrected chi connectivity index (χ3v) is 5.88. The zero-order valence-corrected chi connectivity index (χ0v) is 10.3.